The van der Waals surface area contributed by atoms with Crippen molar-refractivity contribution < 1.29 is 9.13 Å². The van der Waals surface area contributed by atoms with Gasteiger partial charge in [-0.1, -0.05) is 36.8 Å². The highest BCUT2D eigenvalue weighted by molar-refractivity contribution is 5.44. The third kappa shape index (κ3) is 3.65. The van der Waals surface area contributed by atoms with Crippen molar-refractivity contribution >= 4 is 0 Å². The van der Waals surface area contributed by atoms with Crippen LogP contribution in [0.1, 0.15) is 42.0 Å². The number of hydrogen-bond donors (Lipinski definition) is 1. The maximum Gasteiger partial charge on any atom is 0.123 e. The quantitative estimate of drug-likeness (QED) is 0.741. The zero-order chi connectivity index (χ0) is 20.4. The number of halogens is 1. The summed E-state index contributed by atoms with van der Waals surface area (Å²) in [5.74, 6) is 0.779. The minimum atomic E-state index is -0.145. The van der Waals surface area contributed by atoms with Gasteiger partial charge < -0.3 is 15.0 Å². The molecular weight excluding hydrogens is 375 g/mol. The fourth-order valence-corrected chi connectivity index (χ4v) is 5.17. The van der Waals surface area contributed by atoms with Gasteiger partial charge in [-0.25, -0.2) is 4.39 Å². The normalized spacial score (nSPS) is 21.8. The number of benzene rings is 2. The van der Waals surface area contributed by atoms with E-state index in [4.69, 9.17) is 4.74 Å². The molecule has 0 amide bonds. The Labute approximate surface area is 178 Å². The SMILES string of the molecule is Fc1cccc(C2(C3NCCc4ccc(OCCN5C=CC=CC5)cc43)CCC2)c1. The summed E-state index contributed by atoms with van der Waals surface area (Å²) < 4.78 is 20.1. The third-order valence-corrected chi connectivity index (χ3v) is 6.90. The maximum atomic E-state index is 14.0. The maximum absolute atomic E-state index is 14.0. The van der Waals surface area contributed by atoms with E-state index >= 15 is 0 Å². The van der Waals surface area contributed by atoms with E-state index in [2.05, 4.69) is 58.9 Å². The van der Waals surface area contributed by atoms with Gasteiger partial charge in [-0.05, 0) is 79.0 Å². The third-order valence-electron chi connectivity index (χ3n) is 6.90. The standard InChI is InChI=1S/C26H29FN2O/c27-22-7-4-6-21(18-22)26(11-5-12-26)25-24-19-23(9-8-20(24)10-13-28-25)30-17-16-29-14-2-1-3-15-29/h1-4,6-9,14,18-19,25,28H,5,10-13,15-17H2. The average molecular weight is 405 g/mol. The largest absolute Gasteiger partial charge is 0.492 e. The summed E-state index contributed by atoms with van der Waals surface area (Å²) in [6, 6.07) is 14.0. The molecule has 1 N–H and O–H groups in total. The van der Waals surface area contributed by atoms with Gasteiger partial charge in [-0.2, -0.15) is 0 Å². The molecule has 3 nitrogen and oxygen atoms in total. The molecule has 1 aliphatic carbocycles. The van der Waals surface area contributed by atoms with Gasteiger partial charge in [-0.3, -0.25) is 0 Å². The Morgan fingerprint density at radius 2 is 2.07 bits per heavy atom. The molecule has 1 unspecified atom stereocenters. The lowest BCUT2D eigenvalue weighted by Gasteiger charge is -2.50. The fraction of sp³-hybridized carbons (Fsp3) is 0.385. The van der Waals surface area contributed by atoms with Crippen LogP contribution in [-0.2, 0) is 11.8 Å². The molecule has 2 aromatic carbocycles. The van der Waals surface area contributed by atoms with Crippen molar-refractivity contribution in [3.05, 3.63) is 89.4 Å². The average Bonchev–Trinajstić information content (AvgIpc) is 2.74. The molecule has 0 radical (unpaired) electrons. The molecule has 1 fully saturated rings. The Bertz CT molecular complexity index is 963. The van der Waals surface area contributed by atoms with Crippen molar-refractivity contribution in [3.8, 4) is 5.75 Å². The van der Waals surface area contributed by atoms with Crippen LogP contribution in [0.2, 0.25) is 0 Å². The second-order valence-electron chi connectivity index (χ2n) is 8.63. The van der Waals surface area contributed by atoms with Gasteiger partial charge in [-0.15, -0.1) is 0 Å². The Hall–Kier alpha value is -2.59. The van der Waals surface area contributed by atoms with E-state index in [1.165, 1.54) is 23.6 Å². The molecule has 30 heavy (non-hydrogen) atoms. The predicted molar refractivity (Wildman–Crippen MR) is 118 cm³/mol. The van der Waals surface area contributed by atoms with Crippen LogP contribution in [0.25, 0.3) is 0 Å². The van der Waals surface area contributed by atoms with Crippen LogP contribution in [0.3, 0.4) is 0 Å². The van der Waals surface area contributed by atoms with Crippen molar-refractivity contribution in [3.63, 3.8) is 0 Å². The van der Waals surface area contributed by atoms with Gasteiger partial charge in [0.2, 0.25) is 0 Å². The summed E-state index contributed by atoms with van der Waals surface area (Å²) in [5.41, 5.74) is 3.80. The Morgan fingerprint density at radius 1 is 1.13 bits per heavy atom. The highest BCUT2D eigenvalue weighted by Crippen LogP contribution is 2.53. The molecule has 2 aromatic rings. The Morgan fingerprint density at radius 3 is 2.83 bits per heavy atom. The van der Waals surface area contributed by atoms with Gasteiger partial charge in [0.25, 0.3) is 0 Å². The summed E-state index contributed by atoms with van der Waals surface area (Å²) in [6.45, 7) is 3.42. The number of nitrogens with one attached hydrogen (secondary N) is 1. The lowest BCUT2D eigenvalue weighted by atomic mass is 9.58. The van der Waals surface area contributed by atoms with Crippen molar-refractivity contribution in [2.75, 3.05) is 26.2 Å². The van der Waals surface area contributed by atoms with E-state index < -0.39 is 0 Å². The number of allylic oxidation sites excluding steroid dienone is 2. The summed E-state index contributed by atoms with van der Waals surface area (Å²) in [5, 5.41) is 3.77. The number of rotatable bonds is 6. The summed E-state index contributed by atoms with van der Waals surface area (Å²) in [6.07, 6.45) is 12.8. The van der Waals surface area contributed by atoms with Gasteiger partial charge in [0.1, 0.15) is 18.2 Å². The van der Waals surface area contributed by atoms with Crippen LogP contribution in [0, 0.1) is 5.82 Å². The molecule has 1 atom stereocenters. The first-order chi connectivity index (χ1) is 14.7. The van der Waals surface area contributed by atoms with Gasteiger partial charge in [0.05, 0.1) is 6.54 Å². The molecule has 156 valence electrons. The first kappa shape index (κ1) is 19.4. The number of hydrogen-bond acceptors (Lipinski definition) is 3. The molecule has 0 bridgehead atoms. The smallest absolute Gasteiger partial charge is 0.123 e. The van der Waals surface area contributed by atoms with Crippen LogP contribution in [0.15, 0.2) is 66.9 Å². The monoisotopic (exact) mass is 404 g/mol. The second-order valence-corrected chi connectivity index (χ2v) is 8.63. The molecular formula is C26H29FN2O. The fourth-order valence-electron chi connectivity index (χ4n) is 5.17. The van der Waals surface area contributed by atoms with Gasteiger partial charge >= 0.3 is 0 Å². The Balaban J connectivity index is 1.37. The minimum absolute atomic E-state index is 0.0270. The number of fused-ring (bicyclic) bond motifs is 1. The zero-order valence-corrected chi connectivity index (χ0v) is 17.3. The van der Waals surface area contributed by atoms with Crippen LogP contribution in [-0.4, -0.2) is 31.1 Å². The first-order valence-electron chi connectivity index (χ1n) is 11.1. The Kier molecular flexibility index (Phi) is 5.34. The molecule has 0 spiro atoms. The van der Waals surface area contributed by atoms with Crippen molar-refractivity contribution in [1.29, 1.82) is 0 Å². The highest BCUT2D eigenvalue weighted by Gasteiger charge is 2.47. The topological polar surface area (TPSA) is 24.5 Å². The molecule has 2 aliphatic heterocycles. The summed E-state index contributed by atoms with van der Waals surface area (Å²) in [4.78, 5) is 2.25. The van der Waals surface area contributed by atoms with E-state index in [-0.39, 0.29) is 17.3 Å². The summed E-state index contributed by atoms with van der Waals surface area (Å²) >= 11 is 0. The highest BCUT2D eigenvalue weighted by atomic mass is 19.1. The molecule has 1 saturated carbocycles. The number of nitrogens with zero attached hydrogens (tertiary/aromatic N) is 1. The van der Waals surface area contributed by atoms with Crippen molar-refractivity contribution in [2.24, 2.45) is 0 Å². The first-order valence-corrected chi connectivity index (χ1v) is 11.1. The minimum Gasteiger partial charge on any atom is -0.492 e. The lowest BCUT2D eigenvalue weighted by molar-refractivity contribution is 0.163. The van der Waals surface area contributed by atoms with E-state index in [0.717, 1.165) is 50.2 Å². The van der Waals surface area contributed by atoms with Gasteiger partial charge in [0, 0.05) is 18.0 Å². The molecule has 0 saturated heterocycles. The van der Waals surface area contributed by atoms with E-state index in [0.29, 0.717) is 6.61 Å². The second kappa shape index (κ2) is 8.27. The number of ether oxygens (including phenoxy) is 1. The van der Waals surface area contributed by atoms with Gasteiger partial charge in [0.15, 0.2) is 0 Å². The van der Waals surface area contributed by atoms with E-state index in [9.17, 15) is 4.39 Å². The van der Waals surface area contributed by atoms with Crippen LogP contribution >= 0.6 is 0 Å². The van der Waals surface area contributed by atoms with Crippen LogP contribution in [0.5, 0.6) is 5.75 Å². The lowest BCUT2D eigenvalue weighted by Crippen LogP contribution is -2.49. The zero-order valence-electron chi connectivity index (χ0n) is 17.3. The molecule has 4 heteroatoms. The van der Waals surface area contributed by atoms with Crippen LogP contribution < -0.4 is 10.1 Å². The molecule has 5 rings (SSSR count). The van der Waals surface area contributed by atoms with E-state index in [1.807, 2.05) is 6.07 Å². The molecule has 3 aliphatic rings. The predicted octanol–water partition coefficient (Wildman–Crippen LogP) is 4.90. The van der Waals surface area contributed by atoms with E-state index in [1.54, 1.807) is 6.07 Å². The summed E-state index contributed by atoms with van der Waals surface area (Å²) in [7, 11) is 0. The van der Waals surface area contributed by atoms with Crippen molar-refractivity contribution in [1.82, 2.24) is 10.2 Å². The molecule has 2 heterocycles. The van der Waals surface area contributed by atoms with Crippen LogP contribution in [0.4, 0.5) is 4.39 Å². The molecule has 0 aromatic heterocycles. The van der Waals surface area contributed by atoms with Crippen molar-refractivity contribution in [2.45, 2.75) is 37.1 Å².